The van der Waals surface area contributed by atoms with E-state index in [-0.39, 0.29) is 24.4 Å². The molecule has 0 bridgehead atoms. The Morgan fingerprint density at radius 2 is 2.10 bits per heavy atom. The van der Waals surface area contributed by atoms with Crippen LogP contribution in [0.1, 0.15) is 31.4 Å². The lowest BCUT2D eigenvalue weighted by atomic mass is 10.0. The standard InChI is InChI=1S/C15H21F3N2O/c1-3-12-9-21-10(2)8-20(12)14-5-4-11(7-19)6-13(14)15(16,17)18/h4-6,10,12H,3,7-9,19H2,1-2H3. The van der Waals surface area contributed by atoms with Gasteiger partial charge < -0.3 is 15.4 Å². The molecule has 1 fully saturated rings. The molecule has 1 aliphatic rings. The fraction of sp³-hybridized carbons (Fsp3) is 0.600. The molecule has 3 nitrogen and oxygen atoms in total. The lowest BCUT2D eigenvalue weighted by molar-refractivity contribution is -0.137. The summed E-state index contributed by atoms with van der Waals surface area (Å²) < 4.78 is 45.6. The zero-order valence-electron chi connectivity index (χ0n) is 12.3. The number of rotatable bonds is 3. The number of halogens is 3. The second kappa shape index (κ2) is 6.23. The van der Waals surface area contributed by atoms with Crippen molar-refractivity contribution in [3.63, 3.8) is 0 Å². The van der Waals surface area contributed by atoms with Crippen molar-refractivity contribution in [2.24, 2.45) is 5.73 Å². The maximum atomic E-state index is 13.3. The van der Waals surface area contributed by atoms with Crippen LogP contribution in [0.5, 0.6) is 0 Å². The first-order valence-corrected chi connectivity index (χ1v) is 7.15. The molecule has 2 unspecified atom stereocenters. The van der Waals surface area contributed by atoms with Gasteiger partial charge in [-0.25, -0.2) is 0 Å². The number of nitrogens with zero attached hydrogens (tertiary/aromatic N) is 1. The van der Waals surface area contributed by atoms with E-state index in [0.717, 1.165) is 12.5 Å². The van der Waals surface area contributed by atoms with Crippen molar-refractivity contribution in [2.45, 2.75) is 45.1 Å². The molecule has 0 spiro atoms. The van der Waals surface area contributed by atoms with Gasteiger partial charge in [0, 0.05) is 18.8 Å². The molecule has 0 amide bonds. The number of ether oxygens (including phenoxy) is 1. The van der Waals surface area contributed by atoms with Crippen molar-refractivity contribution < 1.29 is 17.9 Å². The number of benzene rings is 1. The van der Waals surface area contributed by atoms with Gasteiger partial charge in [-0.1, -0.05) is 13.0 Å². The molecule has 2 rings (SSSR count). The summed E-state index contributed by atoms with van der Waals surface area (Å²) in [5, 5.41) is 0. The predicted molar refractivity (Wildman–Crippen MR) is 76.2 cm³/mol. The van der Waals surface area contributed by atoms with Gasteiger partial charge in [-0.2, -0.15) is 13.2 Å². The molecule has 0 aromatic heterocycles. The van der Waals surface area contributed by atoms with Gasteiger partial charge in [0.25, 0.3) is 0 Å². The largest absolute Gasteiger partial charge is 0.418 e. The third kappa shape index (κ3) is 3.49. The highest BCUT2D eigenvalue weighted by Crippen LogP contribution is 2.39. The quantitative estimate of drug-likeness (QED) is 0.932. The monoisotopic (exact) mass is 302 g/mol. The van der Waals surface area contributed by atoms with E-state index in [2.05, 4.69) is 0 Å². The molecular formula is C15H21F3N2O. The summed E-state index contributed by atoms with van der Waals surface area (Å²) in [5.41, 5.74) is 5.56. The zero-order valence-corrected chi connectivity index (χ0v) is 12.3. The van der Waals surface area contributed by atoms with Crippen molar-refractivity contribution in [1.29, 1.82) is 0 Å². The lowest BCUT2D eigenvalue weighted by Gasteiger charge is -2.41. The summed E-state index contributed by atoms with van der Waals surface area (Å²) in [6.45, 7) is 4.84. The molecule has 0 radical (unpaired) electrons. The van der Waals surface area contributed by atoms with E-state index in [0.29, 0.717) is 18.7 Å². The third-order valence-corrected chi connectivity index (χ3v) is 3.85. The Labute approximate surface area is 122 Å². The maximum absolute atomic E-state index is 13.3. The minimum Gasteiger partial charge on any atom is -0.375 e. The molecule has 1 saturated heterocycles. The number of hydrogen-bond donors (Lipinski definition) is 1. The summed E-state index contributed by atoms with van der Waals surface area (Å²) in [5.74, 6) is 0. The summed E-state index contributed by atoms with van der Waals surface area (Å²) in [7, 11) is 0. The zero-order chi connectivity index (χ0) is 15.6. The third-order valence-electron chi connectivity index (χ3n) is 3.85. The van der Waals surface area contributed by atoms with Gasteiger partial charge in [-0.15, -0.1) is 0 Å². The van der Waals surface area contributed by atoms with Gasteiger partial charge in [-0.3, -0.25) is 0 Å². The number of anilines is 1. The minimum atomic E-state index is -4.39. The fourth-order valence-corrected chi connectivity index (χ4v) is 2.67. The molecule has 6 heteroatoms. The molecule has 1 aromatic rings. The Morgan fingerprint density at radius 1 is 1.38 bits per heavy atom. The van der Waals surface area contributed by atoms with Crippen molar-refractivity contribution >= 4 is 5.69 Å². The van der Waals surface area contributed by atoms with Crippen molar-refractivity contribution in [3.05, 3.63) is 29.3 Å². The molecule has 1 aromatic carbocycles. The molecule has 1 aliphatic heterocycles. The van der Waals surface area contributed by atoms with E-state index in [9.17, 15) is 13.2 Å². The van der Waals surface area contributed by atoms with Crippen molar-refractivity contribution in [3.8, 4) is 0 Å². The van der Waals surface area contributed by atoms with Crippen LogP contribution in [-0.4, -0.2) is 25.3 Å². The van der Waals surface area contributed by atoms with Gasteiger partial charge in [-0.05, 0) is 31.0 Å². The molecule has 118 valence electrons. The van der Waals surface area contributed by atoms with E-state index in [1.54, 1.807) is 6.07 Å². The van der Waals surface area contributed by atoms with E-state index in [4.69, 9.17) is 10.5 Å². The van der Waals surface area contributed by atoms with Crippen LogP contribution in [0.15, 0.2) is 18.2 Å². The van der Waals surface area contributed by atoms with Crippen LogP contribution in [0.2, 0.25) is 0 Å². The molecule has 2 atom stereocenters. The molecule has 0 saturated carbocycles. The van der Waals surface area contributed by atoms with Gasteiger partial charge in [0.2, 0.25) is 0 Å². The average molecular weight is 302 g/mol. The number of nitrogens with two attached hydrogens (primary N) is 1. The first kappa shape index (κ1) is 16.1. The summed E-state index contributed by atoms with van der Waals surface area (Å²) in [6, 6.07) is 4.32. The van der Waals surface area contributed by atoms with Crippen LogP contribution in [0.4, 0.5) is 18.9 Å². The molecule has 1 heterocycles. The Balaban J connectivity index is 2.45. The van der Waals surface area contributed by atoms with Crippen LogP contribution < -0.4 is 10.6 Å². The van der Waals surface area contributed by atoms with Gasteiger partial charge in [0.15, 0.2) is 0 Å². The van der Waals surface area contributed by atoms with E-state index in [1.807, 2.05) is 18.7 Å². The molecule has 21 heavy (non-hydrogen) atoms. The van der Waals surface area contributed by atoms with Crippen LogP contribution >= 0.6 is 0 Å². The van der Waals surface area contributed by atoms with Crippen molar-refractivity contribution in [1.82, 2.24) is 0 Å². The number of hydrogen-bond acceptors (Lipinski definition) is 3. The van der Waals surface area contributed by atoms with Crippen LogP contribution in [0, 0.1) is 0 Å². The minimum absolute atomic E-state index is 0.0361. The second-order valence-corrected chi connectivity index (χ2v) is 5.41. The normalized spacial score (nSPS) is 23.4. The SMILES string of the molecule is CCC1COC(C)CN1c1ccc(CN)cc1C(F)(F)F. The lowest BCUT2D eigenvalue weighted by Crippen LogP contribution is -2.49. The second-order valence-electron chi connectivity index (χ2n) is 5.41. The van der Waals surface area contributed by atoms with Crippen LogP contribution in [0.3, 0.4) is 0 Å². The maximum Gasteiger partial charge on any atom is 0.418 e. The van der Waals surface area contributed by atoms with Gasteiger partial charge in [0.05, 0.1) is 24.3 Å². The highest BCUT2D eigenvalue weighted by atomic mass is 19.4. The van der Waals surface area contributed by atoms with E-state index >= 15 is 0 Å². The van der Waals surface area contributed by atoms with Gasteiger partial charge in [0.1, 0.15) is 0 Å². The molecule has 2 N–H and O–H groups in total. The number of alkyl halides is 3. The first-order chi connectivity index (χ1) is 9.86. The predicted octanol–water partition coefficient (Wildman–Crippen LogP) is 3.17. The summed E-state index contributed by atoms with van der Waals surface area (Å²) >= 11 is 0. The highest BCUT2D eigenvalue weighted by molar-refractivity contribution is 5.57. The topological polar surface area (TPSA) is 38.5 Å². The summed E-state index contributed by atoms with van der Waals surface area (Å²) in [6.07, 6.45) is -3.73. The Hall–Kier alpha value is -1.27. The smallest absolute Gasteiger partial charge is 0.375 e. The van der Waals surface area contributed by atoms with Crippen LogP contribution in [0.25, 0.3) is 0 Å². The van der Waals surface area contributed by atoms with E-state index < -0.39 is 11.7 Å². The highest BCUT2D eigenvalue weighted by Gasteiger charge is 2.37. The Morgan fingerprint density at radius 3 is 2.67 bits per heavy atom. The van der Waals surface area contributed by atoms with Gasteiger partial charge >= 0.3 is 6.18 Å². The van der Waals surface area contributed by atoms with Crippen molar-refractivity contribution in [2.75, 3.05) is 18.1 Å². The van der Waals surface area contributed by atoms with E-state index in [1.165, 1.54) is 6.07 Å². The Bertz CT molecular complexity index is 490. The summed E-state index contributed by atoms with van der Waals surface area (Å²) in [4.78, 5) is 1.82. The number of morpholine rings is 1. The Kier molecular flexibility index (Phi) is 4.78. The van der Waals surface area contributed by atoms with Crippen LogP contribution in [-0.2, 0) is 17.5 Å². The first-order valence-electron chi connectivity index (χ1n) is 7.15. The fourth-order valence-electron chi connectivity index (χ4n) is 2.67. The molecule has 0 aliphatic carbocycles. The molecular weight excluding hydrogens is 281 g/mol. The average Bonchev–Trinajstić information content (AvgIpc) is 2.45.